The van der Waals surface area contributed by atoms with E-state index in [-0.39, 0.29) is 31.7 Å². The Morgan fingerprint density at radius 3 is 2.44 bits per heavy atom. The Bertz CT molecular complexity index is 900. The van der Waals surface area contributed by atoms with Crippen molar-refractivity contribution in [3.8, 4) is 5.75 Å². The van der Waals surface area contributed by atoms with Gasteiger partial charge in [-0.3, -0.25) is 4.79 Å². The Labute approximate surface area is 186 Å². The fourth-order valence-corrected chi connectivity index (χ4v) is 3.08. The van der Waals surface area contributed by atoms with Gasteiger partial charge in [-0.15, -0.1) is 0 Å². The first-order chi connectivity index (χ1) is 15.2. The molecule has 5 nitrogen and oxygen atoms in total. The number of rotatable bonds is 11. The van der Waals surface area contributed by atoms with Crippen LogP contribution in [0.3, 0.4) is 0 Å². The van der Waals surface area contributed by atoms with E-state index in [0.717, 1.165) is 11.6 Å². The highest BCUT2D eigenvalue weighted by atomic mass is 19.4. The summed E-state index contributed by atoms with van der Waals surface area (Å²) in [4.78, 5) is 11.7. The molecule has 0 saturated carbocycles. The van der Waals surface area contributed by atoms with Crippen LogP contribution in [0.1, 0.15) is 37.0 Å². The first-order valence-corrected chi connectivity index (χ1v) is 10.1. The van der Waals surface area contributed by atoms with Crippen molar-refractivity contribution in [3.63, 3.8) is 0 Å². The molecule has 0 aromatic heterocycles. The normalized spacial score (nSPS) is 13.7. The Kier molecular flexibility index (Phi) is 9.28. The highest BCUT2D eigenvalue weighted by Crippen LogP contribution is 2.37. The molecule has 0 saturated heterocycles. The van der Waals surface area contributed by atoms with Crippen molar-refractivity contribution in [3.05, 3.63) is 71.3 Å². The summed E-state index contributed by atoms with van der Waals surface area (Å²) in [6, 6.07) is 12.8. The van der Waals surface area contributed by atoms with Crippen molar-refractivity contribution < 1.29 is 32.2 Å². The number of halogens is 3. The summed E-state index contributed by atoms with van der Waals surface area (Å²) in [5.41, 5.74) is -0.665. The molecule has 1 unspecified atom stereocenters. The van der Waals surface area contributed by atoms with E-state index in [1.165, 1.54) is 32.2 Å². The minimum absolute atomic E-state index is 0.0252. The van der Waals surface area contributed by atoms with Gasteiger partial charge in [0, 0.05) is 14.0 Å². The average Bonchev–Trinajstić information content (AvgIpc) is 2.76. The van der Waals surface area contributed by atoms with Crippen molar-refractivity contribution in [2.45, 2.75) is 38.6 Å². The standard InChI is InChI=1S/C24H28F3NO4/c1-4-23(28-18(2)29,16-31-17-30-3)13-12-19-10-11-22(21(14-19)24(25,26)27)32-15-20-8-6-5-7-9-20/h5-14H,4,15-17H2,1-3H3,(H,28,29). The number of hydrogen-bond donors (Lipinski definition) is 1. The van der Waals surface area contributed by atoms with Gasteiger partial charge in [-0.25, -0.2) is 0 Å². The molecule has 32 heavy (non-hydrogen) atoms. The lowest BCUT2D eigenvalue weighted by molar-refractivity contribution is -0.139. The Balaban J connectivity index is 2.29. The van der Waals surface area contributed by atoms with Crippen molar-refractivity contribution in [2.75, 3.05) is 20.5 Å². The maximum atomic E-state index is 13.7. The zero-order valence-corrected chi connectivity index (χ0v) is 18.4. The monoisotopic (exact) mass is 451 g/mol. The highest BCUT2D eigenvalue weighted by Gasteiger charge is 2.35. The summed E-state index contributed by atoms with van der Waals surface area (Å²) >= 11 is 0. The van der Waals surface area contributed by atoms with E-state index in [0.29, 0.717) is 12.0 Å². The first-order valence-electron chi connectivity index (χ1n) is 10.1. The molecular formula is C24H28F3NO4. The number of benzene rings is 2. The lowest BCUT2D eigenvalue weighted by atomic mass is 9.95. The quantitative estimate of drug-likeness (QED) is 0.377. The molecule has 1 atom stereocenters. The third-order valence-corrected chi connectivity index (χ3v) is 4.76. The summed E-state index contributed by atoms with van der Waals surface area (Å²) < 4.78 is 56.8. The van der Waals surface area contributed by atoms with Crippen LogP contribution in [0.25, 0.3) is 6.08 Å². The maximum absolute atomic E-state index is 13.7. The molecule has 0 radical (unpaired) electrons. The number of alkyl halides is 3. The number of carbonyl (C=O) groups is 1. The van der Waals surface area contributed by atoms with Crippen LogP contribution in [0.4, 0.5) is 13.2 Å². The van der Waals surface area contributed by atoms with E-state index in [4.69, 9.17) is 14.2 Å². The van der Waals surface area contributed by atoms with Gasteiger partial charge < -0.3 is 19.5 Å². The number of nitrogens with one attached hydrogen (secondary N) is 1. The van der Waals surface area contributed by atoms with Gasteiger partial charge >= 0.3 is 6.18 Å². The Hall–Kier alpha value is -2.84. The van der Waals surface area contributed by atoms with E-state index < -0.39 is 17.3 Å². The molecule has 1 N–H and O–H groups in total. The topological polar surface area (TPSA) is 56.8 Å². The number of hydrogen-bond acceptors (Lipinski definition) is 4. The van der Waals surface area contributed by atoms with E-state index in [2.05, 4.69) is 5.32 Å². The fraction of sp³-hybridized carbons (Fsp3) is 0.375. The lowest BCUT2D eigenvalue weighted by Gasteiger charge is -2.30. The van der Waals surface area contributed by atoms with E-state index in [9.17, 15) is 18.0 Å². The van der Waals surface area contributed by atoms with E-state index in [1.807, 2.05) is 13.0 Å². The minimum Gasteiger partial charge on any atom is -0.488 e. The number of methoxy groups -OCH3 is 1. The Morgan fingerprint density at radius 1 is 1.12 bits per heavy atom. The highest BCUT2D eigenvalue weighted by molar-refractivity contribution is 5.74. The largest absolute Gasteiger partial charge is 0.488 e. The third-order valence-electron chi connectivity index (χ3n) is 4.76. The van der Waals surface area contributed by atoms with Gasteiger partial charge in [-0.1, -0.05) is 55.5 Å². The molecule has 0 spiro atoms. The van der Waals surface area contributed by atoms with E-state index >= 15 is 0 Å². The molecule has 174 valence electrons. The molecule has 0 fully saturated rings. The van der Waals surface area contributed by atoms with Gasteiger partial charge in [0.2, 0.25) is 5.91 Å². The predicted molar refractivity (Wildman–Crippen MR) is 116 cm³/mol. The summed E-state index contributed by atoms with van der Waals surface area (Å²) in [6.07, 6.45) is -0.940. The number of carbonyl (C=O) groups excluding carboxylic acids is 1. The molecule has 8 heteroatoms. The lowest BCUT2D eigenvalue weighted by Crippen LogP contribution is -2.49. The smallest absolute Gasteiger partial charge is 0.419 e. The maximum Gasteiger partial charge on any atom is 0.419 e. The summed E-state index contributed by atoms with van der Waals surface area (Å²) in [6.45, 7) is 3.38. The SMILES string of the molecule is CCC(C=Cc1ccc(OCc2ccccc2)c(C(F)(F)F)c1)(COCOC)NC(C)=O. The van der Waals surface area contributed by atoms with Crippen molar-refractivity contribution in [1.29, 1.82) is 0 Å². The Morgan fingerprint density at radius 2 is 1.84 bits per heavy atom. The van der Waals surface area contributed by atoms with Crippen LogP contribution >= 0.6 is 0 Å². The van der Waals surface area contributed by atoms with Crippen LogP contribution in [-0.4, -0.2) is 32.0 Å². The molecule has 0 aliphatic rings. The second kappa shape index (κ2) is 11.7. The van der Waals surface area contributed by atoms with Gasteiger partial charge in [0.25, 0.3) is 0 Å². The number of amides is 1. The molecule has 1 amide bonds. The first kappa shape index (κ1) is 25.4. The third kappa shape index (κ3) is 7.69. The minimum atomic E-state index is -4.59. The second-order valence-corrected chi connectivity index (χ2v) is 7.31. The van der Waals surface area contributed by atoms with Gasteiger partial charge in [0.1, 0.15) is 19.1 Å². The molecule has 0 aliphatic carbocycles. The van der Waals surface area contributed by atoms with Crippen LogP contribution in [0.5, 0.6) is 5.75 Å². The predicted octanol–water partition coefficient (Wildman–Crippen LogP) is 5.20. The zero-order valence-electron chi connectivity index (χ0n) is 18.4. The van der Waals surface area contributed by atoms with Crippen molar-refractivity contribution in [1.82, 2.24) is 5.32 Å². The fourth-order valence-electron chi connectivity index (χ4n) is 3.08. The van der Waals surface area contributed by atoms with Gasteiger partial charge in [0.05, 0.1) is 17.7 Å². The van der Waals surface area contributed by atoms with Crippen molar-refractivity contribution in [2.24, 2.45) is 0 Å². The summed E-state index contributed by atoms with van der Waals surface area (Å²) in [5, 5.41) is 2.81. The zero-order chi connectivity index (χ0) is 23.6. The van der Waals surface area contributed by atoms with Crippen LogP contribution in [0.15, 0.2) is 54.6 Å². The van der Waals surface area contributed by atoms with Gasteiger partial charge in [-0.2, -0.15) is 13.2 Å². The van der Waals surface area contributed by atoms with Crippen LogP contribution < -0.4 is 10.1 Å². The van der Waals surface area contributed by atoms with Crippen molar-refractivity contribution >= 4 is 12.0 Å². The van der Waals surface area contributed by atoms with E-state index in [1.54, 1.807) is 30.3 Å². The summed E-state index contributed by atoms with van der Waals surface area (Å²) in [7, 11) is 1.47. The molecule has 2 aromatic rings. The van der Waals surface area contributed by atoms with Gasteiger partial charge in [-0.05, 0) is 29.7 Å². The molecule has 0 bridgehead atoms. The molecule has 2 aromatic carbocycles. The van der Waals surface area contributed by atoms with Gasteiger partial charge in [0.15, 0.2) is 0 Å². The average molecular weight is 451 g/mol. The molecule has 2 rings (SSSR count). The van der Waals surface area contributed by atoms with Crippen LogP contribution in [-0.2, 0) is 27.1 Å². The molecule has 0 aliphatic heterocycles. The van der Waals surface area contributed by atoms with Crippen LogP contribution in [0, 0.1) is 0 Å². The summed E-state index contributed by atoms with van der Waals surface area (Å²) in [5.74, 6) is -0.524. The second-order valence-electron chi connectivity index (χ2n) is 7.31. The number of ether oxygens (including phenoxy) is 3. The molecule has 0 heterocycles. The van der Waals surface area contributed by atoms with Crippen LogP contribution in [0.2, 0.25) is 0 Å². The molecular weight excluding hydrogens is 423 g/mol.